The quantitative estimate of drug-likeness (QED) is 0.0775. The Hall–Kier alpha value is -2.36. The molecule has 34 heavy (non-hydrogen) atoms. The molecule has 13 nitrogen and oxygen atoms in total. The van der Waals surface area contributed by atoms with Crippen LogP contribution in [-0.4, -0.2) is 94.5 Å². The maximum Gasteiger partial charge on any atom is 0.335 e. The number of carbonyl (C=O) groups excluding carboxylic acids is 1. The zero-order valence-corrected chi connectivity index (χ0v) is 20.4. The summed E-state index contributed by atoms with van der Waals surface area (Å²) in [6.07, 6.45) is -5.87. The molecule has 15 heteroatoms. The highest BCUT2D eigenvalue weighted by Gasteiger charge is 2.53. The van der Waals surface area contributed by atoms with Crippen LogP contribution in [0.3, 0.4) is 0 Å². The Morgan fingerprint density at radius 1 is 1.32 bits per heavy atom. The number of furan rings is 1. The smallest absolute Gasteiger partial charge is 0.335 e. The van der Waals surface area contributed by atoms with Gasteiger partial charge in [0.05, 0.1) is 24.8 Å². The summed E-state index contributed by atoms with van der Waals surface area (Å²) < 4.78 is 11.0. The molecule has 1 aliphatic heterocycles. The summed E-state index contributed by atoms with van der Waals surface area (Å²) in [4.78, 5) is 33.7. The molecule has 5 N–H and O–H groups in total. The molecule has 0 radical (unpaired) electrons. The van der Waals surface area contributed by atoms with E-state index in [0.29, 0.717) is 35.4 Å². The first-order valence-corrected chi connectivity index (χ1v) is 11.1. The first-order chi connectivity index (χ1) is 15.5. The number of hydrogen-bond acceptors (Lipinski definition) is 11. The van der Waals surface area contributed by atoms with E-state index >= 15 is 0 Å². The molecule has 1 saturated heterocycles. The number of aliphatic hydroxyl groups excluding tert-OH is 2. The summed E-state index contributed by atoms with van der Waals surface area (Å²) in [5.74, 6) is 0.462. The molecule has 0 aromatic carbocycles. The third kappa shape index (κ3) is 7.85. The first kappa shape index (κ1) is 29.7. The second-order valence-electron chi connectivity index (χ2n) is 7.95. The van der Waals surface area contributed by atoms with E-state index in [1.807, 2.05) is 0 Å². The van der Waals surface area contributed by atoms with E-state index in [-0.39, 0.29) is 23.4 Å². The Kier molecular flexibility index (Phi) is 11.3. The van der Waals surface area contributed by atoms with E-state index in [1.54, 1.807) is 45.0 Å². The lowest BCUT2D eigenvalue weighted by Crippen LogP contribution is -3.00. The molecule has 1 fully saturated rings. The van der Waals surface area contributed by atoms with Crippen molar-refractivity contribution in [2.75, 3.05) is 33.4 Å². The SMILES string of the molecule is CNC(=C[N+](=O)[O-])NCCSCc1ccc(C[N+](C)(C)C2OC(C(=O)O)C(O)C(O)C2=O)o1.[Cl-]. The van der Waals surface area contributed by atoms with Gasteiger partial charge in [0.2, 0.25) is 5.78 Å². The van der Waals surface area contributed by atoms with Crippen LogP contribution in [-0.2, 0) is 26.6 Å². The number of rotatable bonds is 12. The van der Waals surface area contributed by atoms with Gasteiger partial charge < -0.3 is 47.5 Å². The Balaban J connectivity index is 0.00000578. The van der Waals surface area contributed by atoms with Gasteiger partial charge in [0, 0.05) is 19.3 Å². The number of aliphatic carboxylic acids is 1. The molecule has 1 aliphatic rings. The molecule has 192 valence electrons. The van der Waals surface area contributed by atoms with Gasteiger partial charge in [0.25, 0.3) is 12.4 Å². The van der Waals surface area contributed by atoms with Crippen LogP contribution in [0, 0.1) is 10.1 Å². The van der Waals surface area contributed by atoms with Gasteiger partial charge in [-0.3, -0.25) is 19.4 Å². The number of halogens is 1. The van der Waals surface area contributed by atoms with Gasteiger partial charge in [-0.2, -0.15) is 11.8 Å². The molecular formula is C19H29ClN4O9S. The van der Waals surface area contributed by atoms with Gasteiger partial charge >= 0.3 is 5.97 Å². The minimum absolute atomic E-state index is 0. The zero-order chi connectivity index (χ0) is 24.8. The number of likely N-dealkylation sites (N-methyl/N-ethyl adjacent to an activating group) is 1. The fourth-order valence-electron chi connectivity index (χ4n) is 3.28. The van der Waals surface area contributed by atoms with E-state index in [2.05, 4.69) is 10.6 Å². The zero-order valence-electron chi connectivity index (χ0n) is 18.8. The number of ketones is 1. The third-order valence-electron chi connectivity index (χ3n) is 4.91. The first-order valence-electron chi connectivity index (χ1n) is 9.99. The van der Waals surface area contributed by atoms with E-state index in [1.165, 1.54) is 0 Å². The highest BCUT2D eigenvalue weighted by molar-refractivity contribution is 7.98. The summed E-state index contributed by atoms with van der Waals surface area (Å²) >= 11 is 1.55. The maximum absolute atomic E-state index is 12.4. The number of nitrogens with one attached hydrogen (secondary N) is 2. The Morgan fingerprint density at radius 3 is 2.56 bits per heavy atom. The topological polar surface area (TPSA) is 184 Å². The van der Waals surface area contributed by atoms with Crippen LogP contribution < -0.4 is 23.0 Å². The number of hydrogen-bond donors (Lipinski definition) is 5. The molecule has 0 aliphatic carbocycles. The molecule has 4 atom stereocenters. The highest BCUT2D eigenvalue weighted by Crippen LogP contribution is 2.26. The van der Waals surface area contributed by atoms with Gasteiger partial charge in [-0.25, -0.2) is 4.79 Å². The van der Waals surface area contributed by atoms with Gasteiger partial charge in [-0.05, 0) is 12.1 Å². The molecule has 2 heterocycles. The minimum atomic E-state index is -1.86. The van der Waals surface area contributed by atoms with Crippen molar-refractivity contribution in [2.45, 2.75) is 36.8 Å². The summed E-state index contributed by atoms with van der Waals surface area (Å²) in [6.45, 7) is 0.678. The number of Topliss-reactive ketones (excluding diaryl/α,β-unsaturated/α-hetero) is 1. The summed E-state index contributed by atoms with van der Waals surface area (Å²) in [6, 6.07) is 3.52. The highest BCUT2D eigenvalue weighted by atomic mass is 35.5. The summed E-state index contributed by atoms with van der Waals surface area (Å²) in [5.41, 5.74) is 0. The van der Waals surface area contributed by atoms with Crippen molar-refractivity contribution in [1.29, 1.82) is 0 Å². The lowest BCUT2D eigenvalue weighted by molar-refractivity contribution is -0.942. The van der Waals surface area contributed by atoms with Crippen molar-refractivity contribution in [3.8, 4) is 0 Å². The monoisotopic (exact) mass is 524 g/mol. The van der Waals surface area contributed by atoms with E-state index in [9.17, 15) is 35.0 Å². The van der Waals surface area contributed by atoms with Crippen molar-refractivity contribution in [3.63, 3.8) is 0 Å². The number of nitrogens with zero attached hydrogens (tertiary/aromatic N) is 2. The van der Waals surface area contributed by atoms with Crippen LogP contribution in [0.2, 0.25) is 0 Å². The molecule has 4 unspecified atom stereocenters. The van der Waals surface area contributed by atoms with Crippen molar-refractivity contribution in [2.24, 2.45) is 0 Å². The standard InChI is InChI=1S/C19H28N4O9S.ClH/c1-20-13(8-22(29)30)21-6-7-33-10-12-5-4-11(31-12)9-23(2,3)18-16(26)14(24)15(25)17(32-18)19(27)28;/h4-5,8,14-15,17-18,20-21,24-25H,6-7,9-10H2,1-3H3;1H. The number of carboxylic acids is 1. The van der Waals surface area contributed by atoms with Crippen molar-refractivity contribution in [3.05, 3.63) is 45.8 Å². The van der Waals surface area contributed by atoms with Gasteiger partial charge in [-0.15, -0.1) is 0 Å². The average molecular weight is 525 g/mol. The second-order valence-corrected chi connectivity index (χ2v) is 9.05. The number of quaternary nitrogens is 1. The number of carbonyl (C=O) groups is 2. The molecule has 0 amide bonds. The molecule has 1 aromatic heterocycles. The predicted molar refractivity (Wildman–Crippen MR) is 116 cm³/mol. The van der Waals surface area contributed by atoms with E-state index in [4.69, 9.17) is 9.15 Å². The van der Waals surface area contributed by atoms with Crippen molar-refractivity contribution < 1.29 is 55.9 Å². The largest absolute Gasteiger partial charge is 1.00 e. The number of carboxylic acid groups (broad SMARTS) is 1. The number of nitro groups is 1. The Labute approximate surface area is 206 Å². The Morgan fingerprint density at radius 2 is 1.97 bits per heavy atom. The average Bonchev–Trinajstić information content (AvgIpc) is 3.16. The van der Waals surface area contributed by atoms with Crippen LogP contribution in [0.15, 0.2) is 28.6 Å². The van der Waals surface area contributed by atoms with Crippen LogP contribution in [0.1, 0.15) is 11.5 Å². The molecule has 0 bridgehead atoms. The van der Waals surface area contributed by atoms with Crippen molar-refractivity contribution in [1.82, 2.24) is 10.6 Å². The molecule has 2 rings (SSSR count). The summed E-state index contributed by atoms with van der Waals surface area (Å²) in [7, 11) is 4.84. The fourth-order valence-corrected chi connectivity index (χ4v) is 4.03. The molecular weight excluding hydrogens is 496 g/mol. The fraction of sp³-hybridized carbons (Fsp3) is 0.579. The lowest BCUT2D eigenvalue weighted by atomic mass is 9.98. The predicted octanol–water partition coefficient (Wildman–Crippen LogP) is -3.92. The second kappa shape index (κ2) is 12.9. The van der Waals surface area contributed by atoms with Crippen LogP contribution >= 0.6 is 11.8 Å². The molecule has 0 saturated carbocycles. The van der Waals surface area contributed by atoms with Crippen molar-refractivity contribution >= 4 is 23.5 Å². The van der Waals surface area contributed by atoms with Crippen LogP contribution in [0.5, 0.6) is 0 Å². The Bertz CT molecular complexity index is 895. The van der Waals surface area contributed by atoms with E-state index in [0.717, 1.165) is 6.20 Å². The number of thioether (sulfide) groups is 1. The van der Waals surface area contributed by atoms with E-state index < -0.39 is 41.2 Å². The minimum Gasteiger partial charge on any atom is -1.00 e. The molecule has 1 aromatic rings. The number of ether oxygens (including phenoxy) is 1. The van der Waals surface area contributed by atoms with Gasteiger partial charge in [0.15, 0.2) is 23.8 Å². The summed E-state index contributed by atoms with van der Waals surface area (Å²) in [5, 5.41) is 45.1. The lowest BCUT2D eigenvalue weighted by Gasteiger charge is -2.42. The van der Waals surface area contributed by atoms with Crippen LogP contribution in [0.4, 0.5) is 0 Å². The molecule has 0 spiro atoms. The third-order valence-corrected chi connectivity index (χ3v) is 5.89. The van der Waals surface area contributed by atoms with Gasteiger partial charge in [0.1, 0.15) is 18.4 Å². The van der Waals surface area contributed by atoms with Crippen LogP contribution in [0.25, 0.3) is 0 Å². The number of aliphatic hydroxyl groups is 2. The maximum atomic E-state index is 12.4. The normalized spacial score (nSPS) is 23.2. The van der Waals surface area contributed by atoms with Gasteiger partial charge in [-0.1, -0.05) is 0 Å².